The number of fused-ring (bicyclic) bond motifs is 2. The van der Waals surface area contributed by atoms with Crippen molar-refractivity contribution in [1.29, 1.82) is 0 Å². The number of piperazine rings is 1. The van der Waals surface area contributed by atoms with Gasteiger partial charge in [0.1, 0.15) is 24.4 Å². The van der Waals surface area contributed by atoms with Crippen molar-refractivity contribution >= 4 is 44.2 Å². The van der Waals surface area contributed by atoms with E-state index < -0.39 is 0 Å². The van der Waals surface area contributed by atoms with Crippen molar-refractivity contribution in [2.24, 2.45) is 0 Å². The van der Waals surface area contributed by atoms with Crippen molar-refractivity contribution in [3.8, 4) is 34.8 Å². The van der Waals surface area contributed by atoms with E-state index in [0.29, 0.717) is 65.3 Å². The molecule has 2 aliphatic rings. The number of halogens is 1. The minimum Gasteiger partial charge on any atom is -0.493 e. The van der Waals surface area contributed by atoms with Crippen molar-refractivity contribution in [2.45, 2.75) is 6.42 Å². The number of likely N-dealkylation sites (N-methyl/N-ethyl adjacent to an activating group) is 1. The SMILES string of the molecule is COCC#Cc1cc(Br)c(Nc2ncnc3cc(OCCCN4CCN(C)C(=O)C4)c(OC)cc23)c2c1OCO2. The lowest BCUT2D eigenvalue weighted by molar-refractivity contribution is -0.134. The van der Waals surface area contributed by atoms with Gasteiger partial charge < -0.3 is 33.9 Å². The average molecular weight is 612 g/mol. The minimum atomic E-state index is 0.0869. The number of carbonyl (C=O) groups excluding carboxylic acids is 1. The van der Waals surface area contributed by atoms with E-state index >= 15 is 0 Å². The van der Waals surface area contributed by atoms with Crippen molar-refractivity contribution in [2.75, 3.05) is 72.8 Å². The van der Waals surface area contributed by atoms with Gasteiger partial charge in [-0.05, 0) is 34.5 Å². The van der Waals surface area contributed by atoms with E-state index in [4.69, 9.17) is 23.7 Å². The maximum atomic E-state index is 11.9. The van der Waals surface area contributed by atoms with Gasteiger partial charge in [-0.15, -0.1) is 0 Å². The molecule has 1 amide bonds. The fraction of sp³-hybridized carbons (Fsp3) is 0.393. The predicted octanol–water partition coefficient (Wildman–Crippen LogP) is 3.41. The molecule has 0 saturated carbocycles. The third-order valence-electron chi connectivity index (χ3n) is 6.61. The lowest BCUT2D eigenvalue weighted by Gasteiger charge is -2.31. The number of rotatable bonds is 9. The Kier molecular flexibility index (Phi) is 8.74. The minimum absolute atomic E-state index is 0.0869. The molecule has 11 nitrogen and oxygen atoms in total. The van der Waals surface area contributed by atoms with Crippen molar-refractivity contribution in [1.82, 2.24) is 19.8 Å². The third-order valence-corrected chi connectivity index (χ3v) is 7.24. The lowest BCUT2D eigenvalue weighted by Crippen LogP contribution is -2.48. The fourth-order valence-corrected chi connectivity index (χ4v) is 4.98. The Bertz CT molecular complexity index is 1470. The summed E-state index contributed by atoms with van der Waals surface area (Å²) in [4.78, 5) is 24.8. The van der Waals surface area contributed by atoms with Crippen LogP contribution >= 0.6 is 15.9 Å². The molecule has 5 rings (SSSR count). The van der Waals surface area contributed by atoms with E-state index in [0.717, 1.165) is 35.9 Å². The van der Waals surface area contributed by atoms with Crippen LogP contribution in [0.5, 0.6) is 23.0 Å². The molecule has 3 aromatic rings. The molecule has 1 aromatic heterocycles. The molecule has 0 bridgehead atoms. The van der Waals surface area contributed by atoms with E-state index in [1.807, 2.05) is 25.2 Å². The molecular weight excluding hydrogens is 582 g/mol. The van der Waals surface area contributed by atoms with Gasteiger partial charge in [-0.2, -0.15) is 0 Å². The van der Waals surface area contributed by atoms with Crippen LogP contribution in [0.1, 0.15) is 12.0 Å². The summed E-state index contributed by atoms with van der Waals surface area (Å²) in [6.45, 7) is 3.73. The molecule has 1 saturated heterocycles. The zero-order chi connectivity index (χ0) is 28.1. The van der Waals surface area contributed by atoms with Crippen LogP contribution < -0.4 is 24.3 Å². The van der Waals surface area contributed by atoms with Crippen LogP contribution in [-0.2, 0) is 9.53 Å². The molecule has 40 heavy (non-hydrogen) atoms. The summed E-state index contributed by atoms with van der Waals surface area (Å²) in [6.07, 6.45) is 2.27. The van der Waals surface area contributed by atoms with E-state index in [1.165, 1.54) is 6.33 Å². The van der Waals surface area contributed by atoms with Gasteiger partial charge in [0.15, 0.2) is 23.0 Å². The molecule has 1 N–H and O–H groups in total. The summed E-state index contributed by atoms with van der Waals surface area (Å²) >= 11 is 3.63. The number of amides is 1. The van der Waals surface area contributed by atoms with Gasteiger partial charge >= 0.3 is 0 Å². The third kappa shape index (κ3) is 6.01. The number of ether oxygens (including phenoxy) is 5. The van der Waals surface area contributed by atoms with Crippen LogP contribution in [0, 0.1) is 11.8 Å². The maximum absolute atomic E-state index is 11.9. The second kappa shape index (κ2) is 12.6. The highest BCUT2D eigenvalue weighted by atomic mass is 79.9. The number of aromatic nitrogens is 2. The number of anilines is 2. The molecule has 0 spiro atoms. The first-order valence-corrected chi connectivity index (χ1v) is 13.6. The predicted molar refractivity (Wildman–Crippen MR) is 153 cm³/mol. The van der Waals surface area contributed by atoms with Crippen LogP contribution in [0.15, 0.2) is 29.0 Å². The van der Waals surface area contributed by atoms with Crippen LogP contribution in [0.2, 0.25) is 0 Å². The standard InChI is InChI=1S/C28H30BrN5O6/c1-33-8-9-34(15-24(33)35)7-5-11-38-23-14-21-19(13-22(23)37-3)28(31-16-30-21)32-25-20(29)12-18(6-4-10-36-2)26-27(25)40-17-39-26/h12-14,16H,5,7-11,15,17H2,1-3H3,(H,30,31,32). The number of methoxy groups -OCH3 is 2. The largest absolute Gasteiger partial charge is 0.493 e. The smallest absolute Gasteiger partial charge is 0.236 e. The monoisotopic (exact) mass is 611 g/mol. The van der Waals surface area contributed by atoms with E-state index in [1.54, 1.807) is 19.1 Å². The van der Waals surface area contributed by atoms with Crippen molar-refractivity contribution < 1.29 is 28.5 Å². The molecule has 2 aliphatic heterocycles. The Morgan fingerprint density at radius 2 is 1.98 bits per heavy atom. The van der Waals surface area contributed by atoms with Gasteiger partial charge in [0.05, 0.1) is 31.3 Å². The maximum Gasteiger partial charge on any atom is 0.236 e. The van der Waals surface area contributed by atoms with E-state index in [-0.39, 0.29) is 12.7 Å². The summed E-state index contributed by atoms with van der Waals surface area (Å²) in [5.74, 6) is 8.96. The van der Waals surface area contributed by atoms with Gasteiger partial charge in [-0.3, -0.25) is 9.69 Å². The topological polar surface area (TPSA) is 108 Å². The van der Waals surface area contributed by atoms with E-state index in [2.05, 4.69) is 48.0 Å². The van der Waals surface area contributed by atoms with Gasteiger partial charge in [0, 0.05) is 49.7 Å². The van der Waals surface area contributed by atoms with Crippen LogP contribution in [0.3, 0.4) is 0 Å². The van der Waals surface area contributed by atoms with Gasteiger partial charge in [-0.25, -0.2) is 9.97 Å². The number of benzene rings is 2. The zero-order valence-corrected chi connectivity index (χ0v) is 24.2. The molecule has 0 unspecified atom stereocenters. The number of nitrogens with zero attached hydrogens (tertiary/aromatic N) is 4. The van der Waals surface area contributed by atoms with Crippen LogP contribution in [-0.4, -0.2) is 93.1 Å². The Balaban J connectivity index is 1.34. The fourth-order valence-electron chi connectivity index (χ4n) is 4.47. The lowest BCUT2D eigenvalue weighted by atomic mass is 10.1. The molecule has 0 atom stereocenters. The number of carbonyl (C=O) groups is 1. The molecule has 12 heteroatoms. The number of nitrogens with one attached hydrogen (secondary N) is 1. The summed E-state index contributed by atoms with van der Waals surface area (Å²) in [5, 5.41) is 4.11. The van der Waals surface area contributed by atoms with Gasteiger partial charge in [-0.1, -0.05) is 11.8 Å². The highest BCUT2D eigenvalue weighted by Gasteiger charge is 2.25. The normalized spacial score (nSPS) is 14.7. The Morgan fingerprint density at radius 3 is 2.77 bits per heavy atom. The van der Waals surface area contributed by atoms with Gasteiger partial charge in [0.25, 0.3) is 0 Å². The number of hydrogen-bond donors (Lipinski definition) is 1. The second-order valence-corrected chi connectivity index (χ2v) is 10.1. The highest BCUT2D eigenvalue weighted by molar-refractivity contribution is 9.10. The van der Waals surface area contributed by atoms with Crippen LogP contribution in [0.25, 0.3) is 10.9 Å². The number of hydrogen-bond acceptors (Lipinski definition) is 10. The summed E-state index contributed by atoms with van der Waals surface area (Å²) in [5.41, 5.74) is 2.04. The molecule has 0 radical (unpaired) electrons. The first kappa shape index (κ1) is 27.8. The molecule has 0 aliphatic carbocycles. The Hall–Kier alpha value is -3.79. The average Bonchev–Trinajstić information content (AvgIpc) is 3.45. The Labute approximate surface area is 240 Å². The van der Waals surface area contributed by atoms with Crippen LogP contribution in [0.4, 0.5) is 11.5 Å². The summed E-state index contributed by atoms with van der Waals surface area (Å²) in [6, 6.07) is 5.56. The summed E-state index contributed by atoms with van der Waals surface area (Å²) in [7, 11) is 5.03. The Morgan fingerprint density at radius 1 is 1.12 bits per heavy atom. The highest BCUT2D eigenvalue weighted by Crippen LogP contribution is 2.47. The quantitative estimate of drug-likeness (QED) is 0.286. The zero-order valence-electron chi connectivity index (χ0n) is 22.6. The molecule has 3 heterocycles. The molecule has 1 fully saturated rings. The molecule has 210 valence electrons. The molecular formula is C28H30BrN5O6. The first-order valence-electron chi connectivity index (χ1n) is 12.8. The van der Waals surface area contributed by atoms with Crippen molar-refractivity contribution in [3.05, 3.63) is 34.6 Å². The van der Waals surface area contributed by atoms with E-state index in [9.17, 15) is 4.79 Å². The second-order valence-electron chi connectivity index (χ2n) is 9.24. The van der Waals surface area contributed by atoms with Gasteiger partial charge in [0.2, 0.25) is 12.7 Å². The summed E-state index contributed by atoms with van der Waals surface area (Å²) < 4.78 is 29.0. The molecule has 2 aromatic carbocycles. The first-order chi connectivity index (χ1) is 19.5. The van der Waals surface area contributed by atoms with Crippen molar-refractivity contribution in [3.63, 3.8) is 0 Å².